The Bertz CT molecular complexity index is 968. The molecule has 1 aliphatic heterocycles. The Kier molecular flexibility index (Phi) is 7.13. The van der Waals surface area contributed by atoms with E-state index in [1.165, 1.54) is 13.2 Å². The van der Waals surface area contributed by atoms with E-state index in [9.17, 15) is 9.59 Å². The van der Waals surface area contributed by atoms with Crippen LogP contribution in [0.25, 0.3) is 0 Å². The normalized spacial score (nSPS) is 16.2. The molecule has 0 radical (unpaired) electrons. The van der Waals surface area contributed by atoms with E-state index in [-0.39, 0.29) is 10.8 Å². The Morgan fingerprint density at radius 3 is 2.07 bits per heavy atom. The van der Waals surface area contributed by atoms with Crippen molar-refractivity contribution < 1.29 is 23.8 Å². The van der Waals surface area contributed by atoms with Crippen molar-refractivity contribution in [2.24, 2.45) is 4.99 Å². The number of methoxy groups -OCH3 is 3. The van der Waals surface area contributed by atoms with Gasteiger partial charge < -0.3 is 14.2 Å². The minimum atomic E-state index is -0.577. The lowest BCUT2D eigenvalue weighted by atomic mass is 10.2. The summed E-state index contributed by atoms with van der Waals surface area (Å²) in [6.45, 7) is 0.722. The standard InChI is InChI=1S/C22H22N2O5S/c1-27-17-8-4-15(5-9-17)13-23-22-24(14-16-6-10-18(28-2)11-7-16)21(26)19(30-22)12-20(25)29-3/h4-12H,13-14H2,1-3H3/b19-12-,23-22?. The van der Waals surface area contributed by atoms with Gasteiger partial charge in [-0.15, -0.1) is 0 Å². The summed E-state index contributed by atoms with van der Waals surface area (Å²) in [5.41, 5.74) is 1.90. The second-order valence-electron chi connectivity index (χ2n) is 6.32. The van der Waals surface area contributed by atoms with Crippen LogP contribution in [0.2, 0.25) is 0 Å². The molecule has 0 spiro atoms. The van der Waals surface area contributed by atoms with E-state index in [1.807, 2.05) is 48.5 Å². The Hall–Kier alpha value is -3.26. The number of hydrogen-bond acceptors (Lipinski definition) is 7. The van der Waals surface area contributed by atoms with Gasteiger partial charge in [0.05, 0.1) is 39.3 Å². The van der Waals surface area contributed by atoms with Crippen LogP contribution in [0, 0.1) is 0 Å². The Labute approximate surface area is 179 Å². The van der Waals surface area contributed by atoms with Crippen LogP contribution in [0.1, 0.15) is 11.1 Å². The molecule has 2 aromatic carbocycles. The third-order valence-electron chi connectivity index (χ3n) is 4.39. The van der Waals surface area contributed by atoms with E-state index in [4.69, 9.17) is 9.47 Å². The molecule has 1 aliphatic rings. The number of amides is 1. The molecule has 0 unspecified atom stereocenters. The number of nitrogens with zero attached hydrogens (tertiary/aromatic N) is 2. The molecule has 2 aromatic rings. The van der Waals surface area contributed by atoms with E-state index in [1.54, 1.807) is 19.1 Å². The third kappa shape index (κ3) is 5.21. The molecule has 0 bridgehead atoms. The number of rotatable bonds is 7. The molecule has 0 aromatic heterocycles. The second kappa shape index (κ2) is 9.98. The maximum Gasteiger partial charge on any atom is 0.331 e. The molecule has 0 aliphatic carbocycles. The van der Waals surface area contributed by atoms with Crippen LogP contribution in [0.4, 0.5) is 0 Å². The van der Waals surface area contributed by atoms with Crippen LogP contribution in [-0.2, 0) is 27.4 Å². The number of carbonyl (C=O) groups excluding carboxylic acids is 2. The zero-order chi connectivity index (χ0) is 21.5. The fourth-order valence-corrected chi connectivity index (χ4v) is 3.67. The Morgan fingerprint density at radius 1 is 0.967 bits per heavy atom. The summed E-state index contributed by atoms with van der Waals surface area (Å²) in [5, 5.41) is 0.529. The van der Waals surface area contributed by atoms with E-state index < -0.39 is 5.97 Å². The number of hydrogen-bond donors (Lipinski definition) is 0. The van der Waals surface area contributed by atoms with Crippen LogP contribution >= 0.6 is 11.8 Å². The number of benzene rings is 2. The predicted molar refractivity (Wildman–Crippen MR) is 115 cm³/mol. The largest absolute Gasteiger partial charge is 0.497 e. The molecule has 0 atom stereocenters. The number of aliphatic imine (C=N–C) groups is 1. The van der Waals surface area contributed by atoms with Gasteiger partial charge in [0, 0.05) is 6.08 Å². The van der Waals surface area contributed by atoms with Crippen LogP contribution in [0.5, 0.6) is 11.5 Å². The zero-order valence-corrected chi connectivity index (χ0v) is 17.8. The highest BCUT2D eigenvalue weighted by Crippen LogP contribution is 2.32. The summed E-state index contributed by atoms with van der Waals surface area (Å²) in [4.78, 5) is 31.0. The Morgan fingerprint density at radius 2 is 1.53 bits per heavy atom. The van der Waals surface area contributed by atoms with Crippen molar-refractivity contribution in [3.8, 4) is 11.5 Å². The number of amidine groups is 1. The number of thioether (sulfide) groups is 1. The smallest absolute Gasteiger partial charge is 0.331 e. The monoisotopic (exact) mass is 426 g/mol. The molecular weight excluding hydrogens is 404 g/mol. The molecule has 30 heavy (non-hydrogen) atoms. The van der Waals surface area contributed by atoms with Crippen molar-refractivity contribution in [3.05, 3.63) is 70.6 Å². The van der Waals surface area contributed by atoms with Crippen molar-refractivity contribution in [3.63, 3.8) is 0 Å². The molecule has 156 valence electrons. The molecule has 1 saturated heterocycles. The van der Waals surface area contributed by atoms with Gasteiger partial charge in [-0.2, -0.15) is 0 Å². The molecule has 8 heteroatoms. The lowest BCUT2D eigenvalue weighted by molar-refractivity contribution is -0.135. The van der Waals surface area contributed by atoms with Gasteiger partial charge in [0.15, 0.2) is 5.17 Å². The SMILES string of the molecule is COC(=O)/C=C1\SC(=NCc2ccc(OC)cc2)N(Cc2ccc(OC)cc2)C1=O. The highest BCUT2D eigenvalue weighted by molar-refractivity contribution is 8.18. The first-order chi connectivity index (χ1) is 14.5. The molecule has 0 N–H and O–H groups in total. The topological polar surface area (TPSA) is 77.4 Å². The molecule has 0 saturated carbocycles. The van der Waals surface area contributed by atoms with Crippen molar-refractivity contribution >= 4 is 28.8 Å². The number of ether oxygens (including phenoxy) is 3. The van der Waals surface area contributed by atoms with E-state index in [0.717, 1.165) is 34.4 Å². The molecule has 1 amide bonds. The Balaban J connectivity index is 1.84. The summed E-state index contributed by atoms with van der Waals surface area (Å²) < 4.78 is 15.0. The van der Waals surface area contributed by atoms with E-state index in [2.05, 4.69) is 9.73 Å². The van der Waals surface area contributed by atoms with Gasteiger partial charge >= 0.3 is 5.97 Å². The quantitative estimate of drug-likeness (QED) is 0.499. The van der Waals surface area contributed by atoms with Gasteiger partial charge in [0.25, 0.3) is 5.91 Å². The van der Waals surface area contributed by atoms with Gasteiger partial charge in [0.1, 0.15) is 11.5 Å². The first kappa shape index (κ1) is 21.4. The highest BCUT2D eigenvalue weighted by Gasteiger charge is 2.34. The average Bonchev–Trinajstić information content (AvgIpc) is 3.07. The molecule has 1 heterocycles. The minimum absolute atomic E-state index is 0.281. The van der Waals surface area contributed by atoms with Crippen molar-refractivity contribution in [2.45, 2.75) is 13.1 Å². The molecule has 7 nitrogen and oxygen atoms in total. The molecule has 3 rings (SSSR count). The van der Waals surface area contributed by atoms with E-state index in [0.29, 0.717) is 18.3 Å². The average molecular weight is 426 g/mol. The first-order valence-corrected chi connectivity index (χ1v) is 9.95. The van der Waals surface area contributed by atoms with Crippen LogP contribution in [-0.4, -0.2) is 43.3 Å². The summed E-state index contributed by atoms with van der Waals surface area (Å²) in [5.74, 6) is 0.642. The van der Waals surface area contributed by atoms with Crippen molar-refractivity contribution in [1.82, 2.24) is 4.90 Å². The summed E-state index contributed by atoms with van der Waals surface area (Å²) in [6.07, 6.45) is 1.20. The van der Waals surface area contributed by atoms with E-state index >= 15 is 0 Å². The maximum absolute atomic E-state index is 12.9. The molecule has 1 fully saturated rings. The molecular formula is C22H22N2O5S. The van der Waals surface area contributed by atoms with Gasteiger partial charge in [-0.25, -0.2) is 4.79 Å². The maximum atomic E-state index is 12.9. The zero-order valence-electron chi connectivity index (χ0n) is 17.0. The highest BCUT2D eigenvalue weighted by atomic mass is 32.2. The van der Waals surface area contributed by atoms with Crippen molar-refractivity contribution in [2.75, 3.05) is 21.3 Å². The van der Waals surface area contributed by atoms with Crippen LogP contribution in [0.15, 0.2) is 64.5 Å². The van der Waals surface area contributed by atoms with Crippen molar-refractivity contribution in [1.29, 1.82) is 0 Å². The fourth-order valence-electron chi connectivity index (χ4n) is 2.73. The van der Waals surface area contributed by atoms with Crippen LogP contribution < -0.4 is 9.47 Å². The number of esters is 1. The van der Waals surface area contributed by atoms with Crippen LogP contribution in [0.3, 0.4) is 0 Å². The fraction of sp³-hybridized carbons (Fsp3) is 0.227. The predicted octanol–water partition coefficient (Wildman–Crippen LogP) is 3.39. The first-order valence-electron chi connectivity index (χ1n) is 9.13. The van der Waals surface area contributed by atoms with Gasteiger partial charge in [-0.05, 0) is 47.2 Å². The van der Waals surface area contributed by atoms with Gasteiger partial charge in [-0.3, -0.25) is 14.7 Å². The number of carbonyl (C=O) groups is 2. The minimum Gasteiger partial charge on any atom is -0.497 e. The summed E-state index contributed by atoms with van der Waals surface area (Å²) in [6, 6.07) is 15.0. The van der Waals surface area contributed by atoms with Gasteiger partial charge in [-0.1, -0.05) is 24.3 Å². The summed E-state index contributed by atoms with van der Waals surface area (Å²) >= 11 is 1.16. The summed E-state index contributed by atoms with van der Waals surface area (Å²) in [7, 11) is 4.49. The lowest BCUT2D eigenvalue weighted by Gasteiger charge is -2.16. The van der Waals surface area contributed by atoms with Gasteiger partial charge in [0.2, 0.25) is 0 Å². The second-order valence-corrected chi connectivity index (χ2v) is 7.33. The third-order valence-corrected chi connectivity index (χ3v) is 5.44. The lowest BCUT2D eigenvalue weighted by Crippen LogP contribution is -2.28.